The monoisotopic (exact) mass is 358 g/mol. The Bertz CT molecular complexity index is 1090. The van der Waals surface area contributed by atoms with Gasteiger partial charge in [-0.05, 0) is 30.2 Å². The van der Waals surface area contributed by atoms with Gasteiger partial charge >= 0.3 is 0 Å². The fraction of sp³-hybridized carbons (Fsp3) is 0.227. The van der Waals surface area contributed by atoms with Gasteiger partial charge in [0.2, 0.25) is 0 Å². The number of unbranched alkanes of at least 4 members (excludes halogenated alkanes) is 1. The zero-order valence-corrected chi connectivity index (χ0v) is 15.4. The fourth-order valence-corrected chi connectivity index (χ4v) is 3.30. The summed E-state index contributed by atoms with van der Waals surface area (Å²) in [5, 5.41) is 9.19. The summed E-state index contributed by atoms with van der Waals surface area (Å²) in [6, 6.07) is 17.9. The van der Waals surface area contributed by atoms with Crippen molar-refractivity contribution in [2.75, 3.05) is 6.54 Å². The SMILES string of the molecule is CCCCN(Cc1cnc2ccccc2c1)C(=O)c1n[nH]c2ccccc12. The van der Waals surface area contributed by atoms with Gasteiger partial charge in [0.15, 0.2) is 5.69 Å². The predicted octanol–water partition coefficient (Wildman–Crippen LogP) is 4.55. The molecule has 4 rings (SSSR count). The summed E-state index contributed by atoms with van der Waals surface area (Å²) < 4.78 is 0. The minimum absolute atomic E-state index is 0.0472. The van der Waals surface area contributed by atoms with E-state index in [0.29, 0.717) is 18.8 Å². The molecule has 5 heteroatoms. The van der Waals surface area contributed by atoms with E-state index < -0.39 is 0 Å². The molecule has 0 spiro atoms. The van der Waals surface area contributed by atoms with E-state index >= 15 is 0 Å². The van der Waals surface area contributed by atoms with Crippen LogP contribution < -0.4 is 0 Å². The van der Waals surface area contributed by atoms with Crippen molar-refractivity contribution in [3.05, 3.63) is 72.1 Å². The first kappa shape index (κ1) is 17.2. The van der Waals surface area contributed by atoms with Crippen molar-refractivity contribution in [3.63, 3.8) is 0 Å². The molecule has 0 bridgehead atoms. The van der Waals surface area contributed by atoms with Crippen LogP contribution in [0, 0.1) is 0 Å². The second-order valence-electron chi connectivity index (χ2n) is 6.73. The van der Waals surface area contributed by atoms with Crippen LogP contribution >= 0.6 is 0 Å². The van der Waals surface area contributed by atoms with Gasteiger partial charge in [0, 0.05) is 30.1 Å². The number of rotatable bonds is 6. The average molecular weight is 358 g/mol. The molecule has 27 heavy (non-hydrogen) atoms. The van der Waals surface area contributed by atoms with E-state index in [2.05, 4.69) is 28.2 Å². The van der Waals surface area contributed by atoms with Crippen LogP contribution in [0.2, 0.25) is 0 Å². The number of fused-ring (bicyclic) bond motifs is 2. The molecule has 136 valence electrons. The Labute approximate surface area is 158 Å². The molecule has 0 radical (unpaired) electrons. The number of carbonyl (C=O) groups is 1. The molecule has 2 heterocycles. The van der Waals surface area contributed by atoms with Crippen LogP contribution in [0.15, 0.2) is 60.8 Å². The maximum absolute atomic E-state index is 13.2. The molecule has 0 saturated heterocycles. The topological polar surface area (TPSA) is 61.9 Å². The number of para-hydroxylation sites is 2. The van der Waals surface area contributed by atoms with Gasteiger partial charge in [0.05, 0.1) is 11.0 Å². The summed E-state index contributed by atoms with van der Waals surface area (Å²) in [5.74, 6) is -0.0472. The Balaban J connectivity index is 1.64. The van der Waals surface area contributed by atoms with Crippen LogP contribution in [0.3, 0.4) is 0 Å². The Morgan fingerprint density at radius 2 is 1.93 bits per heavy atom. The molecule has 2 aromatic carbocycles. The number of nitrogens with one attached hydrogen (secondary N) is 1. The van der Waals surface area contributed by atoms with Gasteiger partial charge < -0.3 is 4.90 Å². The number of aromatic nitrogens is 3. The van der Waals surface area contributed by atoms with Crippen molar-refractivity contribution in [2.24, 2.45) is 0 Å². The molecule has 4 aromatic rings. The summed E-state index contributed by atoms with van der Waals surface area (Å²) in [5.41, 5.74) is 3.35. The third-order valence-corrected chi connectivity index (χ3v) is 4.76. The summed E-state index contributed by atoms with van der Waals surface area (Å²) in [6.07, 6.45) is 3.84. The van der Waals surface area contributed by atoms with Gasteiger partial charge in [-0.2, -0.15) is 5.10 Å². The highest BCUT2D eigenvalue weighted by atomic mass is 16.2. The molecule has 0 aliphatic carbocycles. The first-order valence-electron chi connectivity index (χ1n) is 9.32. The Morgan fingerprint density at radius 3 is 2.81 bits per heavy atom. The van der Waals surface area contributed by atoms with Crippen molar-refractivity contribution in [3.8, 4) is 0 Å². The van der Waals surface area contributed by atoms with Crippen LogP contribution in [-0.4, -0.2) is 32.5 Å². The number of carbonyl (C=O) groups excluding carboxylic acids is 1. The highest BCUT2D eigenvalue weighted by molar-refractivity contribution is 6.04. The van der Waals surface area contributed by atoms with E-state index in [0.717, 1.165) is 40.2 Å². The highest BCUT2D eigenvalue weighted by Gasteiger charge is 2.21. The maximum Gasteiger partial charge on any atom is 0.275 e. The summed E-state index contributed by atoms with van der Waals surface area (Å²) in [4.78, 5) is 19.6. The molecule has 0 unspecified atom stereocenters. The fourth-order valence-electron chi connectivity index (χ4n) is 3.30. The van der Waals surface area contributed by atoms with Crippen molar-refractivity contribution in [2.45, 2.75) is 26.3 Å². The maximum atomic E-state index is 13.2. The van der Waals surface area contributed by atoms with Gasteiger partial charge in [-0.1, -0.05) is 49.7 Å². The average Bonchev–Trinajstić information content (AvgIpc) is 3.14. The number of amides is 1. The predicted molar refractivity (Wildman–Crippen MR) is 107 cm³/mol. The molecule has 0 saturated carbocycles. The number of benzene rings is 2. The number of pyridine rings is 1. The van der Waals surface area contributed by atoms with Crippen LogP contribution in [-0.2, 0) is 6.54 Å². The van der Waals surface area contributed by atoms with Crippen LogP contribution in [0.5, 0.6) is 0 Å². The van der Waals surface area contributed by atoms with E-state index in [4.69, 9.17) is 0 Å². The summed E-state index contributed by atoms with van der Waals surface area (Å²) >= 11 is 0. The van der Waals surface area contributed by atoms with E-state index in [1.165, 1.54) is 0 Å². The molecule has 1 N–H and O–H groups in total. The number of aromatic amines is 1. The molecule has 2 aromatic heterocycles. The van der Waals surface area contributed by atoms with Crippen LogP contribution in [0.25, 0.3) is 21.8 Å². The Hall–Kier alpha value is -3.21. The minimum atomic E-state index is -0.0472. The quantitative estimate of drug-likeness (QED) is 0.550. The normalized spacial score (nSPS) is 11.1. The van der Waals surface area contributed by atoms with Crippen molar-refractivity contribution >= 4 is 27.7 Å². The lowest BCUT2D eigenvalue weighted by atomic mass is 10.1. The minimum Gasteiger partial charge on any atom is -0.333 e. The van der Waals surface area contributed by atoms with E-state index in [-0.39, 0.29) is 5.91 Å². The molecule has 0 atom stereocenters. The number of hydrogen-bond acceptors (Lipinski definition) is 3. The third kappa shape index (κ3) is 3.53. The van der Waals surface area contributed by atoms with Gasteiger partial charge in [0.25, 0.3) is 5.91 Å². The first-order chi connectivity index (χ1) is 13.3. The highest BCUT2D eigenvalue weighted by Crippen LogP contribution is 2.20. The van der Waals surface area contributed by atoms with Gasteiger partial charge in [-0.25, -0.2) is 0 Å². The summed E-state index contributed by atoms with van der Waals surface area (Å²) in [7, 11) is 0. The standard InChI is InChI=1S/C22H22N4O/c1-2-3-12-26(15-16-13-17-8-4-6-10-19(17)23-14-16)22(27)21-18-9-5-7-11-20(18)24-25-21/h4-11,13-14H,2-3,12,15H2,1H3,(H,24,25). The van der Waals surface area contributed by atoms with Crippen molar-refractivity contribution in [1.29, 1.82) is 0 Å². The van der Waals surface area contributed by atoms with Crippen LogP contribution in [0.4, 0.5) is 0 Å². The second kappa shape index (κ2) is 7.58. The van der Waals surface area contributed by atoms with E-state index in [1.807, 2.05) is 59.6 Å². The number of hydrogen-bond donors (Lipinski definition) is 1. The van der Waals surface area contributed by atoms with Gasteiger partial charge in [-0.15, -0.1) is 0 Å². The molecular weight excluding hydrogens is 336 g/mol. The smallest absolute Gasteiger partial charge is 0.275 e. The molecule has 1 amide bonds. The summed E-state index contributed by atoms with van der Waals surface area (Å²) in [6.45, 7) is 3.35. The second-order valence-corrected chi connectivity index (χ2v) is 6.73. The number of H-pyrrole nitrogens is 1. The zero-order valence-electron chi connectivity index (χ0n) is 15.4. The molecule has 0 fully saturated rings. The Morgan fingerprint density at radius 1 is 1.11 bits per heavy atom. The molecule has 0 aliphatic heterocycles. The lowest BCUT2D eigenvalue weighted by Crippen LogP contribution is -2.32. The molecule has 5 nitrogen and oxygen atoms in total. The van der Waals surface area contributed by atoms with Gasteiger partial charge in [-0.3, -0.25) is 14.9 Å². The largest absolute Gasteiger partial charge is 0.333 e. The van der Waals surface area contributed by atoms with Crippen molar-refractivity contribution < 1.29 is 4.79 Å². The van der Waals surface area contributed by atoms with E-state index in [1.54, 1.807) is 0 Å². The lowest BCUT2D eigenvalue weighted by Gasteiger charge is -2.22. The van der Waals surface area contributed by atoms with Gasteiger partial charge in [0.1, 0.15) is 0 Å². The van der Waals surface area contributed by atoms with Crippen molar-refractivity contribution in [1.82, 2.24) is 20.1 Å². The van der Waals surface area contributed by atoms with Crippen LogP contribution in [0.1, 0.15) is 35.8 Å². The molecule has 0 aliphatic rings. The molecular formula is C22H22N4O. The number of nitrogens with zero attached hydrogens (tertiary/aromatic N) is 3. The first-order valence-corrected chi connectivity index (χ1v) is 9.32. The van der Waals surface area contributed by atoms with E-state index in [9.17, 15) is 4.79 Å². The zero-order chi connectivity index (χ0) is 18.6. The Kier molecular flexibility index (Phi) is 4.83. The lowest BCUT2D eigenvalue weighted by molar-refractivity contribution is 0.0736. The third-order valence-electron chi connectivity index (χ3n) is 4.76.